The summed E-state index contributed by atoms with van der Waals surface area (Å²) >= 11 is 9.44. The molecule has 4 rings (SSSR count). The van der Waals surface area contributed by atoms with Gasteiger partial charge in [-0.1, -0.05) is 88.2 Å². The molecule has 0 unspecified atom stereocenters. The van der Waals surface area contributed by atoms with E-state index in [0.29, 0.717) is 16.6 Å². The van der Waals surface area contributed by atoms with Gasteiger partial charge in [-0.05, 0) is 35.4 Å². The van der Waals surface area contributed by atoms with Crippen LogP contribution < -0.4 is 0 Å². The summed E-state index contributed by atoms with van der Waals surface area (Å²) < 4.78 is 0.889. The van der Waals surface area contributed by atoms with Crippen molar-refractivity contribution in [3.8, 4) is 0 Å². The van der Waals surface area contributed by atoms with Crippen molar-refractivity contribution in [3.05, 3.63) is 111 Å². The first-order chi connectivity index (χ1) is 14.1. The fourth-order valence-corrected chi connectivity index (χ4v) is 3.33. The molecule has 142 valence electrons. The van der Waals surface area contributed by atoms with Gasteiger partial charge in [0.2, 0.25) is 0 Å². The maximum absolute atomic E-state index is 13.1. The van der Waals surface area contributed by atoms with E-state index in [1.807, 2.05) is 66.7 Å². The number of nitrogens with zero attached hydrogens (tertiary/aromatic N) is 3. The first kappa shape index (κ1) is 19.3. The second-order valence-corrected chi connectivity index (χ2v) is 7.56. The van der Waals surface area contributed by atoms with Crippen LogP contribution in [-0.2, 0) is 4.79 Å². The number of hydrogen-bond acceptors (Lipinski definition) is 3. The Labute approximate surface area is 182 Å². The van der Waals surface area contributed by atoms with Crippen LogP contribution in [0.2, 0.25) is 5.02 Å². The molecule has 0 atom stereocenters. The number of carbonyl (C=O) groups excluding carboxylic acids is 1. The van der Waals surface area contributed by atoms with Gasteiger partial charge < -0.3 is 0 Å². The predicted octanol–water partition coefficient (Wildman–Crippen LogP) is 5.77. The lowest BCUT2D eigenvalue weighted by Crippen LogP contribution is -2.27. The summed E-state index contributed by atoms with van der Waals surface area (Å²) in [5.74, 6) is 0.198. The second-order valence-electron chi connectivity index (χ2n) is 6.27. The summed E-state index contributed by atoms with van der Waals surface area (Å²) in [5, 5.41) is 6.38. The van der Waals surface area contributed by atoms with E-state index >= 15 is 0 Å². The largest absolute Gasteiger partial charge is 0.298 e. The number of aliphatic imine (C=N–C) groups is 1. The summed E-state index contributed by atoms with van der Waals surface area (Å²) in [7, 11) is 0. The first-order valence-electron chi connectivity index (χ1n) is 8.86. The Morgan fingerprint density at radius 3 is 2.34 bits per heavy atom. The summed E-state index contributed by atoms with van der Waals surface area (Å²) in [5.41, 5.74) is 2.84. The van der Waals surface area contributed by atoms with Crippen molar-refractivity contribution in [1.82, 2.24) is 5.01 Å². The van der Waals surface area contributed by atoms with Crippen molar-refractivity contribution in [3.63, 3.8) is 0 Å². The highest BCUT2D eigenvalue weighted by Gasteiger charge is 2.31. The fourth-order valence-electron chi connectivity index (χ4n) is 2.80. The van der Waals surface area contributed by atoms with Gasteiger partial charge in [0.05, 0.1) is 6.21 Å². The standard InChI is InChI=1S/C23H15BrClN3O/c24-20-9-5-4-8-18(20)14-21-23(29)28(22(27-21)17-6-2-1-3-7-17)26-15-16-10-12-19(25)13-11-16/h1-15H/b21-14+,26-15+. The van der Waals surface area contributed by atoms with Crippen LogP contribution in [0.4, 0.5) is 0 Å². The molecule has 0 N–H and O–H groups in total. The highest BCUT2D eigenvalue weighted by molar-refractivity contribution is 9.10. The van der Waals surface area contributed by atoms with Gasteiger partial charge in [0, 0.05) is 15.1 Å². The second kappa shape index (κ2) is 8.55. The van der Waals surface area contributed by atoms with Crippen molar-refractivity contribution < 1.29 is 4.79 Å². The van der Waals surface area contributed by atoms with Crippen molar-refractivity contribution >= 4 is 51.6 Å². The maximum atomic E-state index is 13.1. The zero-order chi connectivity index (χ0) is 20.2. The molecule has 6 heteroatoms. The molecule has 0 saturated heterocycles. The number of rotatable bonds is 4. The number of halogens is 2. The Morgan fingerprint density at radius 2 is 1.62 bits per heavy atom. The Kier molecular flexibility index (Phi) is 5.69. The van der Waals surface area contributed by atoms with Crippen molar-refractivity contribution in [2.24, 2.45) is 10.1 Å². The molecule has 0 bridgehead atoms. The van der Waals surface area contributed by atoms with Crippen molar-refractivity contribution in [2.45, 2.75) is 0 Å². The minimum absolute atomic E-state index is 0.287. The minimum atomic E-state index is -0.287. The Balaban J connectivity index is 1.73. The maximum Gasteiger partial charge on any atom is 0.298 e. The molecule has 0 fully saturated rings. The summed E-state index contributed by atoms with van der Waals surface area (Å²) in [4.78, 5) is 17.7. The quantitative estimate of drug-likeness (QED) is 0.357. The van der Waals surface area contributed by atoms with Gasteiger partial charge in [-0.15, -0.1) is 0 Å². The molecule has 3 aromatic carbocycles. The molecule has 1 heterocycles. The lowest BCUT2D eigenvalue weighted by molar-refractivity contribution is -0.122. The van der Waals surface area contributed by atoms with Crippen molar-refractivity contribution in [2.75, 3.05) is 0 Å². The van der Waals surface area contributed by atoms with Gasteiger partial charge in [-0.25, -0.2) is 4.99 Å². The Bertz CT molecular complexity index is 1140. The highest BCUT2D eigenvalue weighted by atomic mass is 79.9. The lowest BCUT2D eigenvalue weighted by atomic mass is 10.2. The number of hydrogen-bond donors (Lipinski definition) is 0. The van der Waals surface area contributed by atoms with Crippen LogP contribution in [-0.4, -0.2) is 23.0 Å². The number of carbonyl (C=O) groups is 1. The van der Waals surface area contributed by atoms with E-state index in [1.165, 1.54) is 5.01 Å². The molecular formula is C23H15BrClN3O. The molecule has 0 radical (unpaired) electrons. The third kappa shape index (κ3) is 4.36. The van der Waals surface area contributed by atoms with E-state index in [0.717, 1.165) is 21.2 Å². The molecule has 1 aliphatic rings. The zero-order valence-electron chi connectivity index (χ0n) is 15.2. The molecule has 1 amide bonds. The monoisotopic (exact) mass is 463 g/mol. The average Bonchev–Trinajstić information content (AvgIpc) is 3.05. The SMILES string of the molecule is O=C1/C(=C\c2ccccc2Br)N=C(c2ccccc2)N1/N=C/c1ccc(Cl)cc1. The summed E-state index contributed by atoms with van der Waals surface area (Å²) in [6.45, 7) is 0. The summed E-state index contributed by atoms with van der Waals surface area (Å²) in [6, 6.07) is 24.4. The van der Waals surface area contributed by atoms with E-state index < -0.39 is 0 Å². The molecule has 29 heavy (non-hydrogen) atoms. The van der Waals surface area contributed by atoms with Gasteiger partial charge in [0.25, 0.3) is 5.91 Å². The van der Waals surface area contributed by atoms with E-state index in [2.05, 4.69) is 26.0 Å². The molecule has 0 saturated carbocycles. The lowest BCUT2D eigenvalue weighted by Gasteiger charge is -2.11. The van der Waals surface area contributed by atoms with E-state index in [9.17, 15) is 4.79 Å². The minimum Gasteiger partial charge on any atom is -0.265 e. The van der Waals surface area contributed by atoms with Crippen LogP contribution in [0, 0.1) is 0 Å². The predicted molar refractivity (Wildman–Crippen MR) is 121 cm³/mol. The molecule has 0 aromatic heterocycles. The van der Waals surface area contributed by atoms with E-state index in [-0.39, 0.29) is 5.91 Å². The zero-order valence-corrected chi connectivity index (χ0v) is 17.5. The number of benzene rings is 3. The van der Waals surface area contributed by atoms with Crippen LogP contribution in [0.3, 0.4) is 0 Å². The molecule has 0 spiro atoms. The average molecular weight is 465 g/mol. The van der Waals surface area contributed by atoms with Crippen molar-refractivity contribution in [1.29, 1.82) is 0 Å². The molecule has 4 nitrogen and oxygen atoms in total. The summed E-state index contributed by atoms with van der Waals surface area (Å²) in [6.07, 6.45) is 3.38. The van der Waals surface area contributed by atoms with Crippen LogP contribution in [0.25, 0.3) is 6.08 Å². The van der Waals surface area contributed by atoms with Crippen LogP contribution >= 0.6 is 27.5 Å². The molecule has 3 aromatic rings. The fraction of sp³-hybridized carbons (Fsp3) is 0. The topological polar surface area (TPSA) is 45.0 Å². The van der Waals surface area contributed by atoms with Gasteiger partial charge in [-0.3, -0.25) is 4.79 Å². The third-order valence-electron chi connectivity index (χ3n) is 4.26. The number of hydrazone groups is 1. The Hall–Kier alpha value is -3.02. The van der Waals surface area contributed by atoms with Gasteiger partial charge >= 0.3 is 0 Å². The molecule has 1 aliphatic heterocycles. The molecular weight excluding hydrogens is 450 g/mol. The Morgan fingerprint density at radius 1 is 0.931 bits per heavy atom. The smallest absolute Gasteiger partial charge is 0.265 e. The molecule has 0 aliphatic carbocycles. The van der Waals surface area contributed by atoms with Gasteiger partial charge in [-0.2, -0.15) is 10.1 Å². The van der Waals surface area contributed by atoms with Crippen LogP contribution in [0.15, 0.2) is 99.1 Å². The number of amidine groups is 1. The van der Waals surface area contributed by atoms with E-state index in [4.69, 9.17) is 11.6 Å². The highest BCUT2D eigenvalue weighted by Crippen LogP contribution is 2.25. The van der Waals surface area contributed by atoms with E-state index in [1.54, 1.807) is 24.4 Å². The van der Waals surface area contributed by atoms with Crippen LogP contribution in [0.1, 0.15) is 16.7 Å². The van der Waals surface area contributed by atoms with Gasteiger partial charge in [0.1, 0.15) is 5.70 Å². The third-order valence-corrected chi connectivity index (χ3v) is 5.23. The van der Waals surface area contributed by atoms with Crippen LogP contribution in [0.5, 0.6) is 0 Å². The number of amides is 1. The first-order valence-corrected chi connectivity index (χ1v) is 10.0. The normalized spacial score (nSPS) is 15.4. The van der Waals surface area contributed by atoms with Gasteiger partial charge in [0.15, 0.2) is 5.84 Å².